The van der Waals surface area contributed by atoms with Gasteiger partial charge in [0.1, 0.15) is 5.82 Å². The van der Waals surface area contributed by atoms with E-state index in [1.165, 1.54) is 12.1 Å². The second-order valence-corrected chi connectivity index (χ2v) is 3.92. The van der Waals surface area contributed by atoms with Crippen molar-refractivity contribution in [2.45, 2.75) is 18.8 Å². The van der Waals surface area contributed by atoms with Crippen molar-refractivity contribution < 1.29 is 4.39 Å². The molecule has 0 radical (unpaired) electrons. The highest BCUT2D eigenvalue weighted by Gasteiger charge is 2.10. The van der Waals surface area contributed by atoms with Crippen LogP contribution < -0.4 is 0 Å². The highest BCUT2D eigenvalue weighted by atomic mass is 35.5. The minimum absolute atomic E-state index is 0.108. The lowest BCUT2D eigenvalue weighted by molar-refractivity contribution is 0.607. The molecule has 4 heteroatoms. The van der Waals surface area contributed by atoms with Crippen molar-refractivity contribution in [2.24, 2.45) is 0 Å². The van der Waals surface area contributed by atoms with Gasteiger partial charge in [0.25, 0.3) is 0 Å². The molecule has 0 saturated carbocycles. The molecule has 0 spiro atoms. The van der Waals surface area contributed by atoms with E-state index in [-0.39, 0.29) is 11.9 Å². The molecule has 2 nitrogen and oxygen atoms in total. The predicted molar refractivity (Wildman–Crippen MR) is 62.0 cm³/mol. The van der Waals surface area contributed by atoms with E-state index in [4.69, 9.17) is 11.6 Å². The van der Waals surface area contributed by atoms with E-state index in [0.29, 0.717) is 5.88 Å². The number of halogens is 2. The van der Waals surface area contributed by atoms with Gasteiger partial charge < -0.3 is 4.57 Å². The molecule has 0 aliphatic rings. The van der Waals surface area contributed by atoms with E-state index in [9.17, 15) is 4.39 Å². The highest BCUT2D eigenvalue weighted by molar-refractivity contribution is 6.16. The van der Waals surface area contributed by atoms with E-state index >= 15 is 0 Å². The Morgan fingerprint density at radius 3 is 2.69 bits per heavy atom. The first-order valence-corrected chi connectivity index (χ1v) is 5.58. The van der Waals surface area contributed by atoms with Crippen LogP contribution in [0.25, 0.3) is 0 Å². The van der Waals surface area contributed by atoms with Gasteiger partial charge in [-0.2, -0.15) is 0 Å². The van der Waals surface area contributed by atoms with Gasteiger partial charge in [0, 0.05) is 6.20 Å². The number of aromatic nitrogens is 2. The lowest BCUT2D eigenvalue weighted by Crippen LogP contribution is -2.08. The summed E-state index contributed by atoms with van der Waals surface area (Å²) < 4.78 is 14.8. The van der Waals surface area contributed by atoms with Gasteiger partial charge in [-0.05, 0) is 24.6 Å². The summed E-state index contributed by atoms with van der Waals surface area (Å²) in [5, 5.41) is 0. The van der Waals surface area contributed by atoms with Crippen molar-refractivity contribution >= 4 is 11.6 Å². The zero-order valence-electron chi connectivity index (χ0n) is 8.90. The Balaban J connectivity index is 2.31. The Morgan fingerprint density at radius 2 is 2.06 bits per heavy atom. The second kappa shape index (κ2) is 4.66. The fourth-order valence-corrected chi connectivity index (χ4v) is 1.89. The Kier molecular flexibility index (Phi) is 3.25. The average molecular weight is 239 g/mol. The molecule has 1 unspecified atom stereocenters. The van der Waals surface area contributed by atoms with Crippen molar-refractivity contribution in [3.05, 3.63) is 53.9 Å². The lowest BCUT2D eigenvalue weighted by atomic mass is 10.1. The summed E-state index contributed by atoms with van der Waals surface area (Å²) in [5.74, 6) is 0.199. The van der Waals surface area contributed by atoms with E-state index in [0.717, 1.165) is 11.3 Å². The molecule has 0 N–H and O–H groups in total. The van der Waals surface area contributed by atoms with Gasteiger partial charge >= 0.3 is 0 Å². The minimum atomic E-state index is -0.223. The predicted octanol–water partition coefficient (Wildman–Crippen LogP) is 3.37. The average Bonchev–Trinajstić information content (AvgIpc) is 2.77. The molecule has 1 heterocycles. The van der Waals surface area contributed by atoms with Crippen molar-refractivity contribution in [3.8, 4) is 0 Å². The summed E-state index contributed by atoms with van der Waals surface area (Å²) in [6.07, 6.45) is 3.48. The second-order valence-electron chi connectivity index (χ2n) is 3.65. The fourth-order valence-electron chi connectivity index (χ4n) is 1.69. The molecule has 0 aliphatic carbocycles. The van der Waals surface area contributed by atoms with Crippen LogP contribution in [0.3, 0.4) is 0 Å². The SMILES string of the molecule is CC(c1ccc(F)cc1)n1cncc1CCl. The van der Waals surface area contributed by atoms with Crippen LogP contribution in [0.5, 0.6) is 0 Å². The van der Waals surface area contributed by atoms with Crippen LogP contribution in [0, 0.1) is 5.82 Å². The van der Waals surface area contributed by atoms with E-state index in [1.54, 1.807) is 24.7 Å². The Labute approximate surface area is 98.7 Å². The summed E-state index contributed by atoms with van der Waals surface area (Å²) in [4.78, 5) is 4.06. The van der Waals surface area contributed by atoms with Crippen LogP contribution in [0.4, 0.5) is 4.39 Å². The molecule has 2 rings (SSSR count). The first-order valence-electron chi connectivity index (χ1n) is 5.04. The minimum Gasteiger partial charge on any atom is -0.326 e. The normalized spacial score (nSPS) is 12.7. The number of imidazole rings is 1. The molecule has 16 heavy (non-hydrogen) atoms. The molecule has 0 bridgehead atoms. The molecule has 84 valence electrons. The van der Waals surface area contributed by atoms with Crippen LogP contribution in [-0.4, -0.2) is 9.55 Å². The maximum Gasteiger partial charge on any atom is 0.123 e. The zero-order valence-corrected chi connectivity index (χ0v) is 9.65. The van der Waals surface area contributed by atoms with Crippen molar-refractivity contribution in [2.75, 3.05) is 0 Å². The van der Waals surface area contributed by atoms with Gasteiger partial charge in [0.15, 0.2) is 0 Å². The molecule has 0 aliphatic heterocycles. The molecular weight excluding hydrogens is 227 g/mol. The number of nitrogens with zero attached hydrogens (tertiary/aromatic N) is 2. The van der Waals surface area contributed by atoms with Gasteiger partial charge in [-0.3, -0.25) is 0 Å². The van der Waals surface area contributed by atoms with Crippen LogP contribution in [0.1, 0.15) is 24.2 Å². The molecule has 1 aromatic carbocycles. The maximum absolute atomic E-state index is 12.8. The highest BCUT2D eigenvalue weighted by Crippen LogP contribution is 2.20. The monoisotopic (exact) mass is 238 g/mol. The summed E-state index contributed by atoms with van der Waals surface area (Å²) in [7, 11) is 0. The number of hydrogen-bond acceptors (Lipinski definition) is 1. The largest absolute Gasteiger partial charge is 0.326 e. The van der Waals surface area contributed by atoms with Crippen LogP contribution >= 0.6 is 11.6 Å². The summed E-state index contributed by atoms with van der Waals surface area (Å²) in [6, 6.07) is 6.58. The smallest absolute Gasteiger partial charge is 0.123 e. The van der Waals surface area contributed by atoms with E-state index in [2.05, 4.69) is 4.98 Å². The zero-order chi connectivity index (χ0) is 11.5. The number of alkyl halides is 1. The van der Waals surface area contributed by atoms with Gasteiger partial charge in [-0.25, -0.2) is 9.37 Å². The number of hydrogen-bond donors (Lipinski definition) is 0. The molecular formula is C12H12ClFN2. The first-order chi connectivity index (χ1) is 7.72. The van der Waals surface area contributed by atoms with Crippen molar-refractivity contribution in [3.63, 3.8) is 0 Å². The van der Waals surface area contributed by atoms with Gasteiger partial charge in [0.05, 0.1) is 23.9 Å². The third kappa shape index (κ3) is 2.09. The van der Waals surface area contributed by atoms with Gasteiger partial charge in [-0.1, -0.05) is 12.1 Å². The topological polar surface area (TPSA) is 17.8 Å². The standard InChI is InChI=1S/C12H12ClFN2/c1-9(10-2-4-11(14)5-3-10)16-8-15-7-12(16)6-13/h2-5,7-9H,6H2,1H3. The Bertz CT molecular complexity index is 464. The van der Waals surface area contributed by atoms with Gasteiger partial charge in [0.2, 0.25) is 0 Å². The molecule has 0 fully saturated rings. The summed E-state index contributed by atoms with van der Waals surface area (Å²) >= 11 is 5.81. The van der Waals surface area contributed by atoms with Crippen LogP contribution in [0.15, 0.2) is 36.8 Å². The van der Waals surface area contributed by atoms with Crippen LogP contribution in [0.2, 0.25) is 0 Å². The number of rotatable bonds is 3. The Hall–Kier alpha value is -1.35. The molecule has 2 aromatic rings. The Morgan fingerprint density at radius 1 is 1.38 bits per heavy atom. The third-order valence-electron chi connectivity index (χ3n) is 2.65. The van der Waals surface area contributed by atoms with E-state index < -0.39 is 0 Å². The van der Waals surface area contributed by atoms with E-state index in [1.807, 2.05) is 11.5 Å². The van der Waals surface area contributed by atoms with Crippen molar-refractivity contribution in [1.29, 1.82) is 0 Å². The lowest BCUT2D eigenvalue weighted by Gasteiger charge is -2.16. The first kappa shape index (κ1) is 11.1. The molecule has 1 aromatic heterocycles. The quantitative estimate of drug-likeness (QED) is 0.750. The molecule has 0 saturated heterocycles. The molecule has 0 amide bonds. The fraction of sp³-hybridized carbons (Fsp3) is 0.250. The number of benzene rings is 1. The maximum atomic E-state index is 12.8. The third-order valence-corrected chi connectivity index (χ3v) is 2.93. The van der Waals surface area contributed by atoms with Gasteiger partial charge in [-0.15, -0.1) is 11.6 Å². The van der Waals surface area contributed by atoms with Crippen LogP contribution in [-0.2, 0) is 5.88 Å². The molecule has 1 atom stereocenters. The summed E-state index contributed by atoms with van der Waals surface area (Å²) in [5.41, 5.74) is 1.99. The van der Waals surface area contributed by atoms with Crippen molar-refractivity contribution in [1.82, 2.24) is 9.55 Å². The summed E-state index contributed by atoms with van der Waals surface area (Å²) in [6.45, 7) is 2.03.